The number of amides is 2. The Labute approximate surface area is 87.7 Å². The molecule has 1 aliphatic heterocycles. The molecule has 2 N–H and O–H groups in total. The van der Waals surface area contributed by atoms with Crippen LogP contribution in [0.15, 0.2) is 30.3 Å². The van der Waals surface area contributed by atoms with Crippen LogP contribution in [0.25, 0.3) is 0 Å². The van der Waals surface area contributed by atoms with Crippen LogP contribution in [0.3, 0.4) is 0 Å². The van der Waals surface area contributed by atoms with Gasteiger partial charge < -0.3 is 10.6 Å². The maximum Gasteiger partial charge on any atom is 0.243 e. The SMILES string of the molecule is O=CNC1C(=O)NCC1c1ccccc1. The van der Waals surface area contributed by atoms with Crippen molar-refractivity contribution in [3.05, 3.63) is 35.9 Å². The highest BCUT2D eigenvalue weighted by Gasteiger charge is 2.34. The van der Waals surface area contributed by atoms with Crippen LogP contribution in [0.5, 0.6) is 0 Å². The molecule has 1 aliphatic rings. The Hall–Kier alpha value is -1.84. The van der Waals surface area contributed by atoms with Crippen molar-refractivity contribution in [1.29, 1.82) is 0 Å². The lowest BCUT2D eigenvalue weighted by molar-refractivity contribution is -0.123. The Bertz CT molecular complexity index is 364. The molecule has 0 saturated carbocycles. The summed E-state index contributed by atoms with van der Waals surface area (Å²) in [6.45, 7) is 0.578. The van der Waals surface area contributed by atoms with Crippen molar-refractivity contribution in [2.24, 2.45) is 0 Å². The first kappa shape index (κ1) is 9.71. The van der Waals surface area contributed by atoms with Crippen molar-refractivity contribution in [1.82, 2.24) is 10.6 Å². The number of nitrogens with one attached hydrogen (secondary N) is 2. The van der Waals surface area contributed by atoms with E-state index in [4.69, 9.17) is 0 Å². The molecule has 2 amide bonds. The van der Waals surface area contributed by atoms with Gasteiger partial charge in [-0.3, -0.25) is 9.59 Å². The molecule has 1 heterocycles. The van der Waals surface area contributed by atoms with Crippen LogP contribution >= 0.6 is 0 Å². The summed E-state index contributed by atoms with van der Waals surface area (Å²) in [5.41, 5.74) is 1.07. The van der Waals surface area contributed by atoms with Crippen molar-refractivity contribution >= 4 is 12.3 Å². The Morgan fingerprint density at radius 3 is 2.73 bits per heavy atom. The summed E-state index contributed by atoms with van der Waals surface area (Å²) in [5, 5.41) is 5.29. The molecule has 2 rings (SSSR count). The van der Waals surface area contributed by atoms with E-state index in [0.29, 0.717) is 13.0 Å². The van der Waals surface area contributed by atoms with Crippen LogP contribution in [-0.4, -0.2) is 24.9 Å². The van der Waals surface area contributed by atoms with Gasteiger partial charge in [-0.15, -0.1) is 0 Å². The zero-order valence-corrected chi connectivity index (χ0v) is 8.14. The van der Waals surface area contributed by atoms with Gasteiger partial charge in [-0.25, -0.2) is 0 Å². The zero-order valence-electron chi connectivity index (χ0n) is 8.14. The average Bonchev–Trinajstić information content (AvgIpc) is 2.63. The van der Waals surface area contributed by atoms with Crippen molar-refractivity contribution in [2.45, 2.75) is 12.0 Å². The number of carbonyl (C=O) groups is 2. The largest absolute Gasteiger partial charge is 0.354 e. The third-order valence-electron chi connectivity index (χ3n) is 2.66. The van der Waals surface area contributed by atoms with Crippen LogP contribution in [0.1, 0.15) is 11.5 Å². The third kappa shape index (κ3) is 1.83. The second-order valence-corrected chi connectivity index (χ2v) is 3.52. The van der Waals surface area contributed by atoms with Crippen molar-refractivity contribution in [3.63, 3.8) is 0 Å². The van der Waals surface area contributed by atoms with E-state index in [0.717, 1.165) is 5.56 Å². The molecule has 2 atom stereocenters. The lowest BCUT2D eigenvalue weighted by Gasteiger charge is -2.15. The van der Waals surface area contributed by atoms with Crippen LogP contribution < -0.4 is 10.6 Å². The van der Waals surface area contributed by atoms with E-state index in [-0.39, 0.29) is 11.8 Å². The van der Waals surface area contributed by atoms with E-state index in [2.05, 4.69) is 10.6 Å². The van der Waals surface area contributed by atoms with Crippen LogP contribution in [0.4, 0.5) is 0 Å². The fourth-order valence-corrected chi connectivity index (χ4v) is 1.90. The van der Waals surface area contributed by atoms with E-state index in [9.17, 15) is 9.59 Å². The van der Waals surface area contributed by atoms with Gasteiger partial charge in [0.05, 0.1) is 0 Å². The monoisotopic (exact) mass is 204 g/mol. The molecule has 4 nitrogen and oxygen atoms in total. The van der Waals surface area contributed by atoms with Gasteiger partial charge in [0, 0.05) is 12.5 Å². The maximum atomic E-state index is 11.4. The predicted molar refractivity (Wildman–Crippen MR) is 55.2 cm³/mol. The molecule has 0 radical (unpaired) electrons. The lowest BCUT2D eigenvalue weighted by atomic mass is 9.94. The summed E-state index contributed by atoms with van der Waals surface area (Å²) in [4.78, 5) is 21.8. The fraction of sp³-hybridized carbons (Fsp3) is 0.273. The highest BCUT2D eigenvalue weighted by Crippen LogP contribution is 2.22. The van der Waals surface area contributed by atoms with Crippen molar-refractivity contribution < 1.29 is 9.59 Å². The minimum absolute atomic E-state index is 0.0314. The average molecular weight is 204 g/mol. The van der Waals surface area contributed by atoms with Crippen LogP contribution in [-0.2, 0) is 9.59 Å². The highest BCUT2D eigenvalue weighted by atomic mass is 16.2. The quantitative estimate of drug-likeness (QED) is 0.682. The molecular formula is C11H12N2O2. The third-order valence-corrected chi connectivity index (χ3v) is 2.66. The molecule has 1 saturated heterocycles. The van der Waals surface area contributed by atoms with Crippen molar-refractivity contribution in [2.75, 3.05) is 6.54 Å². The van der Waals surface area contributed by atoms with Gasteiger partial charge >= 0.3 is 0 Å². The van der Waals surface area contributed by atoms with Gasteiger partial charge in [-0.1, -0.05) is 30.3 Å². The van der Waals surface area contributed by atoms with Gasteiger partial charge in [0.2, 0.25) is 12.3 Å². The molecule has 1 fully saturated rings. The van der Waals surface area contributed by atoms with E-state index in [1.165, 1.54) is 0 Å². The molecule has 0 spiro atoms. The Morgan fingerprint density at radius 2 is 2.07 bits per heavy atom. The standard InChI is InChI=1S/C11H12N2O2/c14-7-13-10-9(6-12-11(10)15)8-4-2-1-3-5-8/h1-5,7,9-10H,6H2,(H,12,15)(H,13,14). The number of hydrogen-bond acceptors (Lipinski definition) is 2. The van der Waals surface area contributed by atoms with E-state index in [1.54, 1.807) is 0 Å². The number of benzene rings is 1. The molecular weight excluding hydrogens is 192 g/mol. The molecule has 0 aromatic heterocycles. The topological polar surface area (TPSA) is 58.2 Å². The Balaban J connectivity index is 2.22. The fourth-order valence-electron chi connectivity index (χ4n) is 1.90. The van der Waals surface area contributed by atoms with Gasteiger partial charge in [0.1, 0.15) is 6.04 Å². The molecule has 78 valence electrons. The summed E-state index contributed by atoms with van der Waals surface area (Å²) in [6.07, 6.45) is 0.575. The summed E-state index contributed by atoms with van der Waals surface area (Å²) in [6, 6.07) is 9.27. The molecule has 1 aromatic rings. The first-order valence-electron chi connectivity index (χ1n) is 4.85. The molecule has 0 aliphatic carbocycles. The van der Waals surface area contributed by atoms with Gasteiger partial charge in [-0.05, 0) is 5.56 Å². The summed E-state index contributed by atoms with van der Waals surface area (Å²) in [7, 11) is 0. The molecule has 4 heteroatoms. The van der Waals surface area contributed by atoms with E-state index >= 15 is 0 Å². The van der Waals surface area contributed by atoms with Gasteiger partial charge in [-0.2, -0.15) is 0 Å². The Kier molecular flexibility index (Phi) is 2.67. The number of carbonyl (C=O) groups excluding carboxylic acids is 2. The van der Waals surface area contributed by atoms with E-state index in [1.807, 2.05) is 30.3 Å². The summed E-state index contributed by atoms with van der Waals surface area (Å²) in [5.74, 6) is -0.0835. The van der Waals surface area contributed by atoms with Crippen LogP contribution in [0.2, 0.25) is 0 Å². The van der Waals surface area contributed by atoms with Gasteiger partial charge in [0.25, 0.3) is 0 Å². The molecule has 0 bridgehead atoms. The first-order valence-corrected chi connectivity index (χ1v) is 4.85. The Morgan fingerprint density at radius 1 is 1.33 bits per heavy atom. The minimum Gasteiger partial charge on any atom is -0.354 e. The van der Waals surface area contributed by atoms with Crippen LogP contribution in [0, 0.1) is 0 Å². The summed E-state index contributed by atoms with van der Waals surface area (Å²) < 4.78 is 0. The highest BCUT2D eigenvalue weighted by molar-refractivity contribution is 5.87. The van der Waals surface area contributed by atoms with E-state index < -0.39 is 6.04 Å². The normalized spacial score (nSPS) is 24.7. The lowest BCUT2D eigenvalue weighted by Crippen LogP contribution is -2.38. The van der Waals surface area contributed by atoms with Crippen molar-refractivity contribution in [3.8, 4) is 0 Å². The second-order valence-electron chi connectivity index (χ2n) is 3.52. The number of hydrogen-bond donors (Lipinski definition) is 2. The smallest absolute Gasteiger partial charge is 0.243 e. The summed E-state index contributed by atoms with van der Waals surface area (Å²) >= 11 is 0. The minimum atomic E-state index is -0.440. The maximum absolute atomic E-state index is 11.4. The second kappa shape index (κ2) is 4.13. The molecule has 2 unspecified atom stereocenters. The number of rotatable bonds is 3. The predicted octanol–water partition coefficient (Wildman–Crippen LogP) is 0.0146. The molecule has 1 aromatic carbocycles. The van der Waals surface area contributed by atoms with Gasteiger partial charge in [0.15, 0.2) is 0 Å². The first-order chi connectivity index (χ1) is 7.33. The molecule has 15 heavy (non-hydrogen) atoms. The zero-order chi connectivity index (χ0) is 10.7.